The molecule has 19 heavy (non-hydrogen) atoms. The topological polar surface area (TPSA) is 57.4 Å². The Morgan fingerprint density at radius 1 is 1.16 bits per heavy atom. The normalized spacial score (nSPS) is 10.3. The summed E-state index contributed by atoms with van der Waals surface area (Å²) < 4.78 is 11.4. The number of halogens is 1. The third-order valence-electron chi connectivity index (χ3n) is 2.43. The van der Waals surface area contributed by atoms with Crippen LogP contribution in [0.1, 0.15) is 0 Å². The second-order valence-corrected chi connectivity index (χ2v) is 5.64. The second kappa shape index (κ2) is 6.16. The van der Waals surface area contributed by atoms with E-state index >= 15 is 0 Å². The van der Waals surface area contributed by atoms with E-state index in [-0.39, 0.29) is 0 Å². The first-order valence-electron chi connectivity index (χ1n) is 5.45. The van der Waals surface area contributed by atoms with Crippen LogP contribution < -0.4 is 15.2 Å². The Kier molecular flexibility index (Phi) is 4.55. The van der Waals surface area contributed by atoms with Crippen molar-refractivity contribution in [2.24, 2.45) is 0 Å². The Balaban J connectivity index is 2.32. The van der Waals surface area contributed by atoms with E-state index in [4.69, 9.17) is 15.2 Å². The van der Waals surface area contributed by atoms with Crippen LogP contribution in [0.4, 0.5) is 5.69 Å². The van der Waals surface area contributed by atoms with Crippen LogP contribution in [0.3, 0.4) is 0 Å². The van der Waals surface area contributed by atoms with Crippen molar-refractivity contribution in [1.29, 1.82) is 0 Å². The predicted octanol–water partition coefficient (Wildman–Crippen LogP) is 3.59. The second-order valence-electron chi connectivity index (χ2n) is 3.66. The van der Waals surface area contributed by atoms with Gasteiger partial charge in [-0.2, -0.15) is 0 Å². The minimum Gasteiger partial charge on any atom is -0.493 e. The zero-order valence-electron chi connectivity index (χ0n) is 10.5. The molecule has 1 aromatic carbocycles. The molecule has 0 saturated carbocycles. The van der Waals surface area contributed by atoms with Gasteiger partial charge in [-0.15, -0.1) is 0 Å². The Labute approximate surface area is 124 Å². The summed E-state index contributed by atoms with van der Waals surface area (Å²) in [6, 6.07) is 7.46. The van der Waals surface area contributed by atoms with Crippen LogP contribution >= 0.6 is 27.7 Å². The molecular formula is C13H13BrN2O2S. The molecule has 0 aliphatic carbocycles. The van der Waals surface area contributed by atoms with Crippen molar-refractivity contribution in [2.45, 2.75) is 9.92 Å². The summed E-state index contributed by atoms with van der Waals surface area (Å²) in [5.41, 5.74) is 6.64. The lowest BCUT2D eigenvalue weighted by atomic mass is 10.3. The first-order valence-corrected chi connectivity index (χ1v) is 7.06. The zero-order valence-corrected chi connectivity index (χ0v) is 12.9. The summed E-state index contributed by atoms with van der Waals surface area (Å²) in [5.74, 6) is 1.27. The van der Waals surface area contributed by atoms with E-state index in [1.165, 1.54) is 11.8 Å². The molecule has 0 amide bonds. The van der Waals surface area contributed by atoms with Gasteiger partial charge >= 0.3 is 0 Å². The van der Waals surface area contributed by atoms with Gasteiger partial charge in [0.25, 0.3) is 0 Å². The molecule has 1 aromatic heterocycles. The molecule has 0 aliphatic heterocycles. The van der Waals surface area contributed by atoms with Crippen molar-refractivity contribution in [1.82, 2.24) is 4.98 Å². The van der Waals surface area contributed by atoms with Gasteiger partial charge in [-0.25, -0.2) is 4.98 Å². The average molecular weight is 341 g/mol. The average Bonchev–Trinajstić information content (AvgIpc) is 2.43. The summed E-state index contributed by atoms with van der Waals surface area (Å²) in [4.78, 5) is 5.18. The van der Waals surface area contributed by atoms with Crippen LogP contribution in [0, 0.1) is 0 Å². The van der Waals surface area contributed by atoms with Crippen LogP contribution in [0.25, 0.3) is 0 Å². The highest BCUT2D eigenvalue weighted by Gasteiger charge is 2.10. The SMILES string of the molecule is COc1cc(N)c(Sc2ccc(Br)cn2)cc1OC. The molecule has 2 aromatic rings. The van der Waals surface area contributed by atoms with Gasteiger partial charge in [0.2, 0.25) is 0 Å². The van der Waals surface area contributed by atoms with Crippen LogP contribution in [-0.2, 0) is 0 Å². The molecule has 2 rings (SSSR count). The monoisotopic (exact) mass is 340 g/mol. The quantitative estimate of drug-likeness (QED) is 0.861. The third-order valence-corrected chi connectivity index (χ3v) is 3.92. The summed E-state index contributed by atoms with van der Waals surface area (Å²) in [6.07, 6.45) is 1.75. The van der Waals surface area contributed by atoms with Crippen LogP contribution in [0.2, 0.25) is 0 Å². The van der Waals surface area contributed by atoms with Gasteiger partial charge in [-0.3, -0.25) is 0 Å². The highest BCUT2D eigenvalue weighted by molar-refractivity contribution is 9.10. The molecular weight excluding hydrogens is 328 g/mol. The fourth-order valence-electron chi connectivity index (χ4n) is 1.50. The highest BCUT2D eigenvalue weighted by Crippen LogP contribution is 2.39. The van der Waals surface area contributed by atoms with E-state index in [9.17, 15) is 0 Å². The number of nitrogen functional groups attached to an aromatic ring is 1. The molecule has 100 valence electrons. The number of hydrogen-bond donors (Lipinski definition) is 1. The van der Waals surface area contributed by atoms with E-state index in [2.05, 4.69) is 20.9 Å². The van der Waals surface area contributed by atoms with Crippen molar-refractivity contribution in [3.05, 3.63) is 34.9 Å². The van der Waals surface area contributed by atoms with Gasteiger partial charge in [0.15, 0.2) is 11.5 Å². The standard InChI is InChI=1S/C13H13BrN2O2S/c1-17-10-5-9(15)12(6-11(10)18-2)19-13-4-3-8(14)7-16-13/h3-7H,15H2,1-2H3. The van der Waals surface area contributed by atoms with Crippen molar-refractivity contribution in [2.75, 3.05) is 20.0 Å². The molecule has 0 bridgehead atoms. The lowest BCUT2D eigenvalue weighted by molar-refractivity contribution is 0.354. The first-order chi connectivity index (χ1) is 9.13. The Morgan fingerprint density at radius 2 is 1.84 bits per heavy atom. The summed E-state index contributed by atoms with van der Waals surface area (Å²) in [5, 5.41) is 0.863. The van der Waals surface area contributed by atoms with Crippen molar-refractivity contribution >= 4 is 33.4 Å². The molecule has 1 heterocycles. The van der Waals surface area contributed by atoms with Gasteiger partial charge in [-0.05, 0) is 28.1 Å². The third kappa shape index (κ3) is 3.33. The number of ether oxygens (including phenoxy) is 2. The summed E-state index contributed by atoms with van der Waals surface area (Å²) in [7, 11) is 3.18. The molecule has 2 N–H and O–H groups in total. The maximum absolute atomic E-state index is 6.00. The van der Waals surface area contributed by atoms with Gasteiger partial charge in [0, 0.05) is 33.4 Å². The molecule has 0 spiro atoms. The molecule has 0 fully saturated rings. The van der Waals surface area contributed by atoms with Crippen LogP contribution in [0.15, 0.2) is 44.9 Å². The molecule has 0 atom stereocenters. The Morgan fingerprint density at radius 3 is 2.42 bits per heavy atom. The lowest BCUT2D eigenvalue weighted by Crippen LogP contribution is -1.95. The smallest absolute Gasteiger partial charge is 0.162 e. The van der Waals surface area contributed by atoms with Gasteiger partial charge in [0.05, 0.1) is 14.2 Å². The van der Waals surface area contributed by atoms with E-state index in [1.54, 1.807) is 26.5 Å². The molecule has 0 radical (unpaired) electrons. The fourth-order valence-corrected chi connectivity index (χ4v) is 2.54. The number of nitrogens with zero attached hydrogens (tertiary/aromatic N) is 1. The summed E-state index contributed by atoms with van der Waals surface area (Å²) >= 11 is 4.83. The Bertz CT molecular complexity index is 576. The van der Waals surface area contributed by atoms with E-state index in [1.807, 2.05) is 18.2 Å². The van der Waals surface area contributed by atoms with E-state index in [0.29, 0.717) is 17.2 Å². The van der Waals surface area contributed by atoms with Crippen molar-refractivity contribution in [3.63, 3.8) is 0 Å². The first kappa shape index (κ1) is 14.0. The number of pyridine rings is 1. The van der Waals surface area contributed by atoms with Gasteiger partial charge in [0.1, 0.15) is 5.03 Å². The Hall–Kier alpha value is -1.40. The van der Waals surface area contributed by atoms with Crippen LogP contribution in [-0.4, -0.2) is 19.2 Å². The maximum Gasteiger partial charge on any atom is 0.162 e. The highest BCUT2D eigenvalue weighted by atomic mass is 79.9. The largest absolute Gasteiger partial charge is 0.493 e. The molecule has 4 nitrogen and oxygen atoms in total. The van der Waals surface area contributed by atoms with Gasteiger partial charge in [-0.1, -0.05) is 11.8 Å². The van der Waals surface area contributed by atoms with E-state index < -0.39 is 0 Å². The number of methoxy groups -OCH3 is 2. The van der Waals surface area contributed by atoms with Crippen molar-refractivity contribution in [3.8, 4) is 11.5 Å². The summed E-state index contributed by atoms with van der Waals surface area (Å²) in [6.45, 7) is 0. The van der Waals surface area contributed by atoms with Gasteiger partial charge < -0.3 is 15.2 Å². The zero-order chi connectivity index (χ0) is 13.8. The minimum atomic E-state index is 0.619. The minimum absolute atomic E-state index is 0.619. The number of rotatable bonds is 4. The molecule has 0 saturated heterocycles. The fraction of sp³-hybridized carbons (Fsp3) is 0.154. The number of aromatic nitrogens is 1. The van der Waals surface area contributed by atoms with Crippen LogP contribution in [0.5, 0.6) is 11.5 Å². The number of anilines is 1. The maximum atomic E-state index is 6.00. The van der Waals surface area contributed by atoms with E-state index in [0.717, 1.165) is 14.4 Å². The molecule has 6 heteroatoms. The number of benzene rings is 1. The number of hydrogen-bond acceptors (Lipinski definition) is 5. The molecule has 0 aliphatic rings. The lowest BCUT2D eigenvalue weighted by Gasteiger charge is -2.11. The number of nitrogens with two attached hydrogens (primary N) is 1. The predicted molar refractivity (Wildman–Crippen MR) is 80.0 cm³/mol. The molecule has 0 unspecified atom stereocenters. The van der Waals surface area contributed by atoms with Crippen molar-refractivity contribution < 1.29 is 9.47 Å².